The summed E-state index contributed by atoms with van der Waals surface area (Å²) in [5.41, 5.74) is 2.78. The van der Waals surface area contributed by atoms with Crippen LogP contribution >= 0.6 is 0 Å². The van der Waals surface area contributed by atoms with E-state index in [2.05, 4.69) is 5.32 Å². The normalized spacial score (nSPS) is 12.7. The van der Waals surface area contributed by atoms with Gasteiger partial charge in [0.2, 0.25) is 11.8 Å². The van der Waals surface area contributed by atoms with Gasteiger partial charge in [-0.1, -0.05) is 93.6 Å². The quantitative estimate of drug-likeness (QED) is 0.166. The molecule has 9 heteroatoms. The van der Waals surface area contributed by atoms with E-state index < -0.39 is 34.3 Å². The van der Waals surface area contributed by atoms with Gasteiger partial charge < -0.3 is 10.2 Å². The van der Waals surface area contributed by atoms with Crippen LogP contribution in [0.1, 0.15) is 56.7 Å². The fourth-order valence-corrected chi connectivity index (χ4v) is 6.49. The second kappa shape index (κ2) is 15.7. The molecule has 0 spiro atoms. The van der Waals surface area contributed by atoms with E-state index in [1.54, 1.807) is 42.5 Å². The van der Waals surface area contributed by atoms with Crippen LogP contribution in [0.25, 0.3) is 0 Å². The van der Waals surface area contributed by atoms with Gasteiger partial charge in [-0.25, -0.2) is 12.8 Å². The number of hydrogen-bond acceptors (Lipinski definition) is 4. The van der Waals surface area contributed by atoms with Crippen molar-refractivity contribution in [1.82, 2.24) is 10.2 Å². The fourth-order valence-electron chi connectivity index (χ4n) is 5.06. The van der Waals surface area contributed by atoms with Crippen molar-refractivity contribution in [2.75, 3.05) is 10.8 Å². The molecule has 242 valence electrons. The molecular formula is C37H42FN3O4S. The summed E-state index contributed by atoms with van der Waals surface area (Å²) in [6.07, 6.45) is 0.885. The number of carbonyl (C=O) groups is 2. The standard InChI is InChI=1S/C37H42FN3O4S/c1-5-28(4)39-37(43)35(24-29-12-8-6-9-13-29)40(25-30-16-20-32(38)21-17-30)36(42)26-41(33-22-18-31(19-23-33)27(2)3)46(44,45)34-14-10-7-11-15-34/h6-23,27-28,35H,5,24-26H2,1-4H3,(H,39,43). The maximum absolute atomic E-state index is 14.5. The van der Waals surface area contributed by atoms with Crippen molar-refractivity contribution in [3.05, 3.63) is 132 Å². The van der Waals surface area contributed by atoms with E-state index in [0.717, 1.165) is 15.4 Å². The van der Waals surface area contributed by atoms with E-state index in [1.165, 1.54) is 29.2 Å². The molecular weight excluding hydrogens is 601 g/mol. The molecule has 0 aliphatic carbocycles. The summed E-state index contributed by atoms with van der Waals surface area (Å²) in [4.78, 5) is 29.8. The van der Waals surface area contributed by atoms with Gasteiger partial charge in [0.15, 0.2) is 0 Å². The molecule has 4 aromatic carbocycles. The molecule has 46 heavy (non-hydrogen) atoms. The van der Waals surface area contributed by atoms with Gasteiger partial charge in [-0.05, 0) is 72.4 Å². The molecule has 1 N–H and O–H groups in total. The molecule has 0 radical (unpaired) electrons. The highest BCUT2D eigenvalue weighted by Gasteiger charge is 2.35. The third-order valence-corrected chi connectivity index (χ3v) is 9.78. The average Bonchev–Trinajstić information content (AvgIpc) is 3.06. The molecule has 0 fully saturated rings. The van der Waals surface area contributed by atoms with Crippen LogP contribution in [0.4, 0.5) is 10.1 Å². The van der Waals surface area contributed by atoms with Crippen LogP contribution in [-0.2, 0) is 32.6 Å². The first-order chi connectivity index (χ1) is 22.0. The van der Waals surface area contributed by atoms with E-state index in [0.29, 0.717) is 17.7 Å². The fraction of sp³-hybridized carbons (Fsp3) is 0.297. The predicted octanol–water partition coefficient (Wildman–Crippen LogP) is 6.70. The Labute approximate surface area is 272 Å². The molecule has 0 aromatic heterocycles. The zero-order valence-electron chi connectivity index (χ0n) is 26.8. The molecule has 0 saturated carbocycles. The third kappa shape index (κ3) is 8.81. The number of rotatable bonds is 14. The predicted molar refractivity (Wildman–Crippen MR) is 180 cm³/mol. The number of sulfonamides is 1. The summed E-state index contributed by atoms with van der Waals surface area (Å²) in [6.45, 7) is 7.34. The van der Waals surface area contributed by atoms with Crippen molar-refractivity contribution in [2.24, 2.45) is 0 Å². The first-order valence-corrected chi connectivity index (χ1v) is 17.0. The molecule has 4 rings (SSSR count). The highest BCUT2D eigenvalue weighted by Crippen LogP contribution is 2.27. The number of amides is 2. The Morgan fingerprint density at radius 1 is 0.783 bits per heavy atom. The van der Waals surface area contributed by atoms with E-state index in [-0.39, 0.29) is 35.7 Å². The van der Waals surface area contributed by atoms with Gasteiger partial charge in [0.05, 0.1) is 10.6 Å². The summed E-state index contributed by atoms with van der Waals surface area (Å²) >= 11 is 0. The summed E-state index contributed by atoms with van der Waals surface area (Å²) in [6, 6.07) is 29.0. The minimum atomic E-state index is -4.19. The van der Waals surface area contributed by atoms with E-state index in [9.17, 15) is 22.4 Å². The largest absolute Gasteiger partial charge is 0.352 e. The van der Waals surface area contributed by atoms with Crippen molar-refractivity contribution in [2.45, 2.75) is 70.0 Å². The Bertz CT molecular complexity index is 1680. The van der Waals surface area contributed by atoms with E-state index in [1.807, 2.05) is 70.2 Å². The molecule has 0 heterocycles. The number of nitrogens with zero attached hydrogens (tertiary/aromatic N) is 2. The van der Waals surface area contributed by atoms with Crippen LogP contribution in [0.3, 0.4) is 0 Å². The lowest BCUT2D eigenvalue weighted by Gasteiger charge is -2.34. The third-order valence-electron chi connectivity index (χ3n) is 8.00. The number of carbonyl (C=O) groups excluding carboxylic acids is 2. The average molecular weight is 644 g/mol. The molecule has 0 aliphatic rings. The molecule has 7 nitrogen and oxygen atoms in total. The Kier molecular flexibility index (Phi) is 11.7. The number of hydrogen-bond donors (Lipinski definition) is 1. The Morgan fingerprint density at radius 2 is 1.37 bits per heavy atom. The number of anilines is 1. The van der Waals surface area contributed by atoms with Gasteiger partial charge in [0.25, 0.3) is 10.0 Å². The van der Waals surface area contributed by atoms with E-state index in [4.69, 9.17) is 0 Å². The second-order valence-electron chi connectivity index (χ2n) is 11.7. The smallest absolute Gasteiger partial charge is 0.264 e. The number of halogens is 1. The Morgan fingerprint density at radius 3 is 1.93 bits per heavy atom. The molecule has 4 aromatic rings. The molecule has 0 saturated heterocycles. The van der Waals surface area contributed by atoms with Gasteiger partial charge in [-0.3, -0.25) is 13.9 Å². The topological polar surface area (TPSA) is 86.8 Å². The number of nitrogens with one attached hydrogen (secondary N) is 1. The van der Waals surface area contributed by atoms with Crippen molar-refractivity contribution in [1.29, 1.82) is 0 Å². The van der Waals surface area contributed by atoms with Crippen LogP contribution in [-0.4, -0.2) is 43.8 Å². The van der Waals surface area contributed by atoms with E-state index >= 15 is 0 Å². The SMILES string of the molecule is CCC(C)NC(=O)C(Cc1ccccc1)N(Cc1ccc(F)cc1)C(=O)CN(c1ccc(C(C)C)cc1)S(=O)(=O)c1ccccc1. The molecule has 0 bridgehead atoms. The van der Waals surface area contributed by atoms with Gasteiger partial charge in [0.1, 0.15) is 18.4 Å². The van der Waals surface area contributed by atoms with Gasteiger partial charge >= 0.3 is 0 Å². The highest BCUT2D eigenvalue weighted by atomic mass is 32.2. The first kappa shape index (κ1) is 34.4. The van der Waals surface area contributed by atoms with Crippen molar-refractivity contribution in [3.63, 3.8) is 0 Å². The maximum atomic E-state index is 14.5. The number of benzene rings is 4. The lowest BCUT2D eigenvalue weighted by molar-refractivity contribution is -0.140. The maximum Gasteiger partial charge on any atom is 0.264 e. The summed E-state index contributed by atoms with van der Waals surface area (Å²) < 4.78 is 43.2. The molecule has 2 amide bonds. The Balaban J connectivity index is 1.80. The van der Waals surface area contributed by atoms with Crippen LogP contribution < -0.4 is 9.62 Å². The van der Waals surface area contributed by atoms with Crippen LogP contribution in [0, 0.1) is 5.82 Å². The summed E-state index contributed by atoms with van der Waals surface area (Å²) in [5, 5.41) is 3.01. The van der Waals surface area contributed by atoms with Crippen molar-refractivity contribution >= 4 is 27.5 Å². The minimum absolute atomic E-state index is 0.0317. The molecule has 0 aliphatic heterocycles. The van der Waals surface area contributed by atoms with Gasteiger partial charge in [-0.2, -0.15) is 0 Å². The van der Waals surface area contributed by atoms with Crippen LogP contribution in [0.15, 0.2) is 114 Å². The zero-order valence-corrected chi connectivity index (χ0v) is 27.6. The van der Waals surface area contributed by atoms with Gasteiger partial charge in [-0.15, -0.1) is 0 Å². The summed E-state index contributed by atoms with van der Waals surface area (Å²) in [5.74, 6) is -1.13. The molecule has 2 unspecified atom stereocenters. The lowest BCUT2D eigenvalue weighted by Crippen LogP contribution is -2.54. The lowest BCUT2D eigenvalue weighted by atomic mass is 10.0. The zero-order chi connectivity index (χ0) is 33.3. The van der Waals surface area contributed by atoms with Crippen LogP contribution in [0.2, 0.25) is 0 Å². The van der Waals surface area contributed by atoms with Crippen LogP contribution in [0.5, 0.6) is 0 Å². The Hall–Kier alpha value is -4.50. The highest BCUT2D eigenvalue weighted by molar-refractivity contribution is 7.92. The monoisotopic (exact) mass is 643 g/mol. The van der Waals surface area contributed by atoms with Crippen molar-refractivity contribution in [3.8, 4) is 0 Å². The molecule has 2 atom stereocenters. The van der Waals surface area contributed by atoms with Crippen molar-refractivity contribution < 1.29 is 22.4 Å². The second-order valence-corrected chi connectivity index (χ2v) is 13.6. The first-order valence-electron chi connectivity index (χ1n) is 15.6. The summed E-state index contributed by atoms with van der Waals surface area (Å²) in [7, 11) is -4.19. The van der Waals surface area contributed by atoms with Gasteiger partial charge in [0, 0.05) is 19.0 Å². The minimum Gasteiger partial charge on any atom is -0.352 e.